The number of aromatic nitrogens is 3. The lowest BCUT2D eigenvalue weighted by molar-refractivity contribution is 0.559. The molecule has 1 aliphatic heterocycles. The smallest absolute Gasteiger partial charge is 0.261 e. The first kappa shape index (κ1) is 21.1. The molecule has 0 spiro atoms. The summed E-state index contributed by atoms with van der Waals surface area (Å²) >= 11 is 0. The Labute approximate surface area is 180 Å². The molecule has 0 amide bonds. The van der Waals surface area contributed by atoms with E-state index in [-0.39, 0.29) is 5.56 Å². The van der Waals surface area contributed by atoms with Gasteiger partial charge in [-0.25, -0.2) is 8.42 Å². The Morgan fingerprint density at radius 3 is 2.71 bits per heavy atom. The first-order chi connectivity index (χ1) is 14.7. The van der Waals surface area contributed by atoms with Crippen LogP contribution in [0.15, 0.2) is 40.2 Å². The highest BCUT2D eigenvalue weighted by Crippen LogP contribution is 2.40. The number of hydrogen-bond donors (Lipinski definition) is 2. The quantitative estimate of drug-likeness (QED) is 0.642. The Morgan fingerprint density at radius 2 is 2.03 bits per heavy atom. The van der Waals surface area contributed by atoms with E-state index >= 15 is 0 Å². The Bertz CT molecular complexity index is 1360. The van der Waals surface area contributed by atoms with Crippen molar-refractivity contribution in [3.63, 3.8) is 0 Å². The van der Waals surface area contributed by atoms with Gasteiger partial charge >= 0.3 is 0 Å². The second kappa shape index (κ2) is 7.54. The van der Waals surface area contributed by atoms with Crippen molar-refractivity contribution in [1.29, 1.82) is 5.26 Å². The number of sulfone groups is 1. The molecule has 1 fully saturated rings. The highest BCUT2D eigenvalue weighted by atomic mass is 32.2. The summed E-state index contributed by atoms with van der Waals surface area (Å²) in [5.41, 5.74) is 2.15. The van der Waals surface area contributed by atoms with E-state index in [1.54, 1.807) is 38.2 Å². The van der Waals surface area contributed by atoms with Crippen LogP contribution < -0.4 is 10.9 Å². The van der Waals surface area contributed by atoms with Crippen molar-refractivity contribution in [2.75, 3.05) is 5.32 Å². The predicted octanol–water partition coefficient (Wildman–Crippen LogP) is 3.52. The SMILES string of the molecule is CC#N.CC1(C)Cc2cc(Nc3nn(CC4CC4)c4cc[nH]c(=O)c34)ccc2S1(=O)=O. The van der Waals surface area contributed by atoms with Crippen LogP contribution in [0, 0.1) is 17.2 Å². The van der Waals surface area contributed by atoms with Crippen LogP contribution >= 0.6 is 0 Å². The third kappa shape index (κ3) is 3.72. The van der Waals surface area contributed by atoms with Gasteiger partial charge in [0, 0.05) is 25.4 Å². The Balaban J connectivity index is 0.000000730. The number of rotatable bonds is 4. The number of nitrogens with zero attached hydrogens (tertiary/aromatic N) is 3. The van der Waals surface area contributed by atoms with Crippen LogP contribution in [0.5, 0.6) is 0 Å². The zero-order valence-electron chi connectivity index (χ0n) is 17.8. The number of nitriles is 1. The van der Waals surface area contributed by atoms with Crippen LogP contribution in [0.4, 0.5) is 11.5 Å². The van der Waals surface area contributed by atoms with Crippen molar-refractivity contribution < 1.29 is 8.42 Å². The molecule has 0 radical (unpaired) electrons. The molecule has 2 N–H and O–H groups in total. The number of aromatic amines is 1. The fourth-order valence-electron chi connectivity index (χ4n) is 3.95. The molecular formula is C22H25N5O3S. The van der Waals surface area contributed by atoms with Crippen molar-refractivity contribution in [3.05, 3.63) is 46.4 Å². The van der Waals surface area contributed by atoms with Gasteiger partial charge in [0.15, 0.2) is 15.7 Å². The van der Waals surface area contributed by atoms with Gasteiger partial charge in [-0.05, 0) is 68.9 Å². The molecule has 31 heavy (non-hydrogen) atoms. The maximum Gasteiger partial charge on any atom is 0.261 e. The van der Waals surface area contributed by atoms with Crippen molar-refractivity contribution in [3.8, 4) is 6.07 Å². The third-order valence-electron chi connectivity index (χ3n) is 5.76. The molecule has 162 valence electrons. The van der Waals surface area contributed by atoms with Gasteiger partial charge < -0.3 is 10.3 Å². The summed E-state index contributed by atoms with van der Waals surface area (Å²) in [7, 11) is -3.32. The summed E-state index contributed by atoms with van der Waals surface area (Å²) < 4.78 is 26.3. The van der Waals surface area contributed by atoms with Crippen LogP contribution in [-0.4, -0.2) is 27.9 Å². The fourth-order valence-corrected chi connectivity index (χ4v) is 5.62. The van der Waals surface area contributed by atoms with E-state index in [1.165, 1.54) is 19.8 Å². The lowest BCUT2D eigenvalue weighted by Crippen LogP contribution is -2.27. The normalized spacial score (nSPS) is 18.0. The zero-order valence-corrected chi connectivity index (χ0v) is 18.6. The van der Waals surface area contributed by atoms with E-state index in [9.17, 15) is 13.2 Å². The minimum Gasteiger partial charge on any atom is -0.338 e. The summed E-state index contributed by atoms with van der Waals surface area (Å²) in [5.74, 6) is 1.13. The molecule has 3 aromatic rings. The number of pyridine rings is 1. The Kier molecular flexibility index (Phi) is 5.13. The van der Waals surface area contributed by atoms with E-state index in [4.69, 9.17) is 5.26 Å². The summed E-state index contributed by atoms with van der Waals surface area (Å²) in [6, 6.07) is 8.86. The van der Waals surface area contributed by atoms with Gasteiger partial charge in [0.05, 0.1) is 21.2 Å². The number of fused-ring (bicyclic) bond motifs is 2. The van der Waals surface area contributed by atoms with Gasteiger partial charge in [0.2, 0.25) is 0 Å². The summed E-state index contributed by atoms with van der Waals surface area (Å²) in [5, 5.41) is 15.7. The van der Waals surface area contributed by atoms with Gasteiger partial charge in [0.1, 0.15) is 5.39 Å². The lowest BCUT2D eigenvalue weighted by atomic mass is 10.0. The molecule has 5 rings (SSSR count). The summed E-state index contributed by atoms with van der Waals surface area (Å²) in [6.45, 7) is 5.74. The zero-order chi connectivity index (χ0) is 22.4. The molecule has 8 nitrogen and oxygen atoms in total. The highest BCUT2D eigenvalue weighted by molar-refractivity contribution is 7.93. The molecule has 0 saturated heterocycles. The molecular weight excluding hydrogens is 414 g/mol. The third-order valence-corrected chi connectivity index (χ3v) is 8.34. The molecule has 2 aromatic heterocycles. The molecule has 1 aliphatic carbocycles. The molecule has 2 aliphatic rings. The van der Waals surface area contributed by atoms with Crippen LogP contribution in [-0.2, 0) is 22.8 Å². The Morgan fingerprint density at radius 1 is 1.32 bits per heavy atom. The van der Waals surface area contributed by atoms with E-state index in [0.29, 0.717) is 28.4 Å². The predicted molar refractivity (Wildman–Crippen MR) is 119 cm³/mol. The number of hydrogen-bond acceptors (Lipinski definition) is 6. The van der Waals surface area contributed by atoms with Crippen molar-refractivity contribution >= 4 is 32.2 Å². The van der Waals surface area contributed by atoms with Crippen molar-refractivity contribution in [2.24, 2.45) is 5.92 Å². The second-order valence-electron chi connectivity index (χ2n) is 8.65. The molecule has 0 atom stereocenters. The van der Waals surface area contributed by atoms with Gasteiger partial charge in [0.25, 0.3) is 5.56 Å². The molecule has 1 saturated carbocycles. The Hall–Kier alpha value is -3.12. The summed E-state index contributed by atoms with van der Waals surface area (Å²) in [4.78, 5) is 15.5. The summed E-state index contributed by atoms with van der Waals surface area (Å²) in [6.07, 6.45) is 4.50. The first-order valence-electron chi connectivity index (χ1n) is 10.2. The molecule has 1 aromatic carbocycles. The van der Waals surface area contributed by atoms with Crippen LogP contribution in [0.1, 0.15) is 39.2 Å². The highest BCUT2D eigenvalue weighted by Gasteiger charge is 2.43. The average molecular weight is 440 g/mol. The van der Waals surface area contributed by atoms with Crippen molar-refractivity contribution in [2.45, 2.75) is 56.2 Å². The standard InChI is InChI=1S/C20H22N4O3S.C2H3N/c1-20(2)10-13-9-14(5-6-16(13)28(20,26)27)22-18-17-15(7-8-21-19(17)25)24(23-18)11-12-3-4-12;1-2-3/h5-9,12H,3-4,10-11H2,1-2H3,(H,21,25)(H,22,23);1H3. The molecule has 9 heteroatoms. The van der Waals surface area contributed by atoms with E-state index in [0.717, 1.165) is 23.3 Å². The number of anilines is 2. The average Bonchev–Trinajstić information content (AvgIpc) is 3.40. The van der Waals surface area contributed by atoms with E-state index in [1.807, 2.05) is 16.8 Å². The van der Waals surface area contributed by atoms with Crippen LogP contribution in [0.25, 0.3) is 10.9 Å². The van der Waals surface area contributed by atoms with Crippen LogP contribution in [0.3, 0.4) is 0 Å². The second-order valence-corrected chi connectivity index (χ2v) is 11.2. The lowest BCUT2D eigenvalue weighted by Gasteiger charge is -2.15. The van der Waals surface area contributed by atoms with Gasteiger partial charge in [-0.15, -0.1) is 0 Å². The van der Waals surface area contributed by atoms with Gasteiger partial charge in [-0.2, -0.15) is 10.4 Å². The number of nitrogens with one attached hydrogen (secondary N) is 2. The van der Waals surface area contributed by atoms with E-state index in [2.05, 4.69) is 15.4 Å². The maximum absolute atomic E-state index is 12.6. The van der Waals surface area contributed by atoms with Crippen molar-refractivity contribution in [1.82, 2.24) is 14.8 Å². The fraction of sp³-hybridized carbons (Fsp3) is 0.409. The topological polar surface area (TPSA) is 121 Å². The molecule has 3 heterocycles. The number of benzene rings is 1. The monoisotopic (exact) mass is 439 g/mol. The minimum absolute atomic E-state index is 0.188. The largest absolute Gasteiger partial charge is 0.338 e. The van der Waals surface area contributed by atoms with E-state index < -0.39 is 14.6 Å². The van der Waals surface area contributed by atoms with Gasteiger partial charge in [-0.1, -0.05) is 0 Å². The molecule has 0 unspecified atom stereocenters. The number of H-pyrrole nitrogens is 1. The van der Waals surface area contributed by atoms with Gasteiger partial charge in [-0.3, -0.25) is 9.48 Å². The molecule has 0 bridgehead atoms. The maximum atomic E-state index is 12.6. The first-order valence-corrected chi connectivity index (χ1v) is 11.7. The van der Waals surface area contributed by atoms with Crippen LogP contribution in [0.2, 0.25) is 0 Å². The minimum atomic E-state index is -3.32.